The molecular formula is C14H20N2O2. The van der Waals surface area contributed by atoms with E-state index in [2.05, 4.69) is 5.32 Å². The largest absolute Gasteiger partial charge is 0.381 e. The first-order valence-corrected chi connectivity index (χ1v) is 6.41. The van der Waals surface area contributed by atoms with Gasteiger partial charge in [0.15, 0.2) is 0 Å². The van der Waals surface area contributed by atoms with E-state index in [-0.39, 0.29) is 17.9 Å². The number of hydrogen-bond donors (Lipinski definition) is 2. The molecule has 2 atom stereocenters. The molecule has 3 N–H and O–H groups in total. The van der Waals surface area contributed by atoms with Crippen LogP contribution < -0.4 is 11.1 Å². The number of benzene rings is 1. The number of hydrogen-bond acceptors (Lipinski definition) is 3. The van der Waals surface area contributed by atoms with Gasteiger partial charge in [-0.15, -0.1) is 0 Å². The molecule has 0 spiro atoms. The first kappa shape index (κ1) is 13.1. The van der Waals surface area contributed by atoms with Crippen molar-refractivity contribution in [2.45, 2.75) is 25.8 Å². The van der Waals surface area contributed by atoms with Gasteiger partial charge >= 0.3 is 0 Å². The zero-order chi connectivity index (χ0) is 13.0. The molecule has 1 fully saturated rings. The maximum absolute atomic E-state index is 12.1. The van der Waals surface area contributed by atoms with Gasteiger partial charge in [-0.25, -0.2) is 0 Å². The van der Waals surface area contributed by atoms with Crippen LogP contribution in [-0.2, 0) is 9.53 Å². The van der Waals surface area contributed by atoms with Gasteiger partial charge in [0.2, 0.25) is 5.91 Å². The molecule has 1 heterocycles. The van der Waals surface area contributed by atoms with Crippen LogP contribution in [0.3, 0.4) is 0 Å². The summed E-state index contributed by atoms with van der Waals surface area (Å²) >= 11 is 0. The summed E-state index contributed by atoms with van der Waals surface area (Å²) in [5.41, 5.74) is 7.66. The zero-order valence-electron chi connectivity index (χ0n) is 10.7. The summed E-state index contributed by atoms with van der Waals surface area (Å²) in [5.74, 6) is -0.0114. The third kappa shape index (κ3) is 3.09. The van der Waals surface area contributed by atoms with Crippen molar-refractivity contribution in [1.29, 1.82) is 0 Å². The fourth-order valence-electron chi connectivity index (χ4n) is 2.19. The van der Waals surface area contributed by atoms with Crippen molar-refractivity contribution in [1.82, 2.24) is 0 Å². The molecule has 0 aromatic heterocycles. The summed E-state index contributed by atoms with van der Waals surface area (Å²) in [6.45, 7) is 3.20. The van der Waals surface area contributed by atoms with Crippen LogP contribution in [0.5, 0.6) is 0 Å². The van der Waals surface area contributed by atoms with Crippen LogP contribution in [-0.4, -0.2) is 19.1 Å². The Bertz CT molecular complexity index is 412. The van der Waals surface area contributed by atoms with E-state index >= 15 is 0 Å². The lowest BCUT2D eigenvalue weighted by molar-refractivity contribution is -0.123. The highest BCUT2D eigenvalue weighted by Gasteiger charge is 2.22. The molecular weight excluding hydrogens is 228 g/mol. The fourth-order valence-corrected chi connectivity index (χ4v) is 2.19. The van der Waals surface area contributed by atoms with E-state index in [1.54, 1.807) is 0 Å². The molecule has 18 heavy (non-hydrogen) atoms. The predicted octanol–water partition coefficient (Wildman–Crippen LogP) is 2.07. The molecule has 0 bridgehead atoms. The average Bonchev–Trinajstić information content (AvgIpc) is 2.40. The monoisotopic (exact) mass is 248 g/mol. The van der Waals surface area contributed by atoms with E-state index in [1.165, 1.54) is 0 Å². The Balaban J connectivity index is 2.06. The van der Waals surface area contributed by atoms with E-state index in [4.69, 9.17) is 10.5 Å². The first-order valence-electron chi connectivity index (χ1n) is 6.41. The highest BCUT2D eigenvalue weighted by Crippen LogP contribution is 2.22. The normalized spacial score (nSPS) is 21.3. The van der Waals surface area contributed by atoms with E-state index in [9.17, 15) is 4.79 Å². The van der Waals surface area contributed by atoms with Crippen LogP contribution in [0.2, 0.25) is 0 Å². The van der Waals surface area contributed by atoms with Crippen LogP contribution in [0.25, 0.3) is 0 Å². The molecule has 2 unspecified atom stereocenters. The Morgan fingerprint density at radius 1 is 1.50 bits per heavy atom. The van der Waals surface area contributed by atoms with Crippen molar-refractivity contribution in [3.8, 4) is 0 Å². The van der Waals surface area contributed by atoms with Gasteiger partial charge in [0.1, 0.15) is 0 Å². The molecule has 0 radical (unpaired) electrons. The van der Waals surface area contributed by atoms with Crippen LogP contribution in [0, 0.1) is 5.92 Å². The molecule has 1 aromatic carbocycles. The Labute approximate surface area is 108 Å². The summed E-state index contributed by atoms with van der Waals surface area (Å²) in [6.07, 6.45) is 1.85. The fraction of sp³-hybridized carbons (Fsp3) is 0.500. The minimum atomic E-state index is -0.0934. The molecule has 2 rings (SSSR count). The lowest BCUT2D eigenvalue weighted by Crippen LogP contribution is -2.30. The summed E-state index contributed by atoms with van der Waals surface area (Å²) in [4.78, 5) is 12.1. The molecule has 98 valence electrons. The van der Waals surface area contributed by atoms with Gasteiger partial charge < -0.3 is 15.8 Å². The van der Waals surface area contributed by atoms with E-state index in [0.717, 1.165) is 30.7 Å². The van der Waals surface area contributed by atoms with Crippen LogP contribution in [0.1, 0.15) is 31.4 Å². The summed E-state index contributed by atoms with van der Waals surface area (Å²) < 4.78 is 5.33. The maximum atomic E-state index is 12.1. The molecule has 0 aliphatic carbocycles. The molecule has 4 heteroatoms. The van der Waals surface area contributed by atoms with Gasteiger partial charge in [-0.05, 0) is 31.4 Å². The second-order valence-corrected chi connectivity index (χ2v) is 4.78. The third-order valence-corrected chi connectivity index (χ3v) is 3.24. The van der Waals surface area contributed by atoms with Crippen molar-refractivity contribution < 1.29 is 9.53 Å². The highest BCUT2D eigenvalue weighted by atomic mass is 16.5. The average molecular weight is 248 g/mol. The molecule has 1 saturated heterocycles. The Morgan fingerprint density at radius 2 is 2.28 bits per heavy atom. The summed E-state index contributed by atoms with van der Waals surface area (Å²) in [7, 11) is 0. The number of rotatable bonds is 3. The Kier molecular flexibility index (Phi) is 4.33. The quantitative estimate of drug-likeness (QED) is 0.860. The van der Waals surface area contributed by atoms with Gasteiger partial charge in [0.25, 0.3) is 0 Å². The predicted molar refractivity (Wildman–Crippen MR) is 71.2 cm³/mol. The smallest absolute Gasteiger partial charge is 0.229 e. The molecule has 1 aliphatic rings. The molecule has 0 saturated carbocycles. The van der Waals surface area contributed by atoms with E-state index in [1.807, 2.05) is 31.2 Å². The molecule has 1 amide bonds. The standard InChI is InChI=1S/C14H20N2O2/c1-10(15)12-6-2-3-7-13(12)16-14(17)11-5-4-8-18-9-11/h2-3,6-7,10-11H,4-5,8-9,15H2,1H3,(H,16,17). The van der Waals surface area contributed by atoms with Gasteiger partial charge in [0.05, 0.1) is 12.5 Å². The first-order chi connectivity index (χ1) is 8.68. The third-order valence-electron chi connectivity index (χ3n) is 3.24. The zero-order valence-corrected chi connectivity index (χ0v) is 10.7. The number of nitrogens with one attached hydrogen (secondary N) is 1. The summed E-state index contributed by atoms with van der Waals surface area (Å²) in [5, 5.41) is 2.96. The second-order valence-electron chi connectivity index (χ2n) is 4.78. The van der Waals surface area contributed by atoms with E-state index < -0.39 is 0 Å². The minimum Gasteiger partial charge on any atom is -0.381 e. The van der Waals surface area contributed by atoms with Gasteiger partial charge in [-0.2, -0.15) is 0 Å². The topological polar surface area (TPSA) is 64.3 Å². The van der Waals surface area contributed by atoms with Crippen LogP contribution in [0.4, 0.5) is 5.69 Å². The number of ether oxygens (including phenoxy) is 1. The summed E-state index contributed by atoms with van der Waals surface area (Å²) in [6, 6.07) is 7.57. The van der Waals surface area contributed by atoms with Crippen LogP contribution in [0.15, 0.2) is 24.3 Å². The van der Waals surface area contributed by atoms with Crippen molar-refractivity contribution in [2.75, 3.05) is 18.5 Å². The number of para-hydroxylation sites is 1. The maximum Gasteiger partial charge on any atom is 0.229 e. The second kappa shape index (κ2) is 5.98. The molecule has 1 aromatic rings. The lowest BCUT2D eigenvalue weighted by atomic mass is 10.0. The lowest BCUT2D eigenvalue weighted by Gasteiger charge is -2.22. The van der Waals surface area contributed by atoms with Crippen molar-refractivity contribution >= 4 is 11.6 Å². The number of carbonyl (C=O) groups is 1. The van der Waals surface area contributed by atoms with Gasteiger partial charge in [0, 0.05) is 18.3 Å². The van der Waals surface area contributed by atoms with Gasteiger partial charge in [-0.3, -0.25) is 4.79 Å². The number of carbonyl (C=O) groups excluding carboxylic acids is 1. The highest BCUT2D eigenvalue weighted by molar-refractivity contribution is 5.93. The van der Waals surface area contributed by atoms with Crippen molar-refractivity contribution in [3.63, 3.8) is 0 Å². The number of anilines is 1. The number of amides is 1. The Morgan fingerprint density at radius 3 is 2.94 bits per heavy atom. The van der Waals surface area contributed by atoms with Crippen LogP contribution >= 0.6 is 0 Å². The number of nitrogens with two attached hydrogens (primary N) is 1. The van der Waals surface area contributed by atoms with Crippen molar-refractivity contribution in [3.05, 3.63) is 29.8 Å². The molecule has 4 nitrogen and oxygen atoms in total. The minimum absolute atomic E-state index is 0.0304. The SMILES string of the molecule is CC(N)c1ccccc1NC(=O)C1CCCOC1. The van der Waals surface area contributed by atoms with Crippen molar-refractivity contribution in [2.24, 2.45) is 11.7 Å². The van der Waals surface area contributed by atoms with E-state index in [0.29, 0.717) is 6.61 Å². The van der Waals surface area contributed by atoms with Gasteiger partial charge in [-0.1, -0.05) is 18.2 Å². The molecule has 1 aliphatic heterocycles. The Hall–Kier alpha value is -1.39.